The molecule has 33 heavy (non-hydrogen) atoms. The van der Waals surface area contributed by atoms with Crippen molar-refractivity contribution in [1.82, 2.24) is 15.1 Å². The number of ether oxygens (including phenoxy) is 3. The number of H-pyrrole nitrogens is 1. The number of rotatable bonds is 11. The molecule has 0 saturated heterocycles. The van der Waals surface area contributed by atoms with Crippen molar-refractivity contribution < 1.29 is 14.2 Å². The van der Waals surface area contributed by atoms with Crippen LogP contribution in [0.1, 0.15) is 12.0 Å². The molecule has 0 aliphatic carbocycles. The van der Waals surface area contributed by atoms with E-state index in [1.165, 1.54) is 11.8 Å². The van der Waals surface area contributed by atoms with Crippen LogP contribution in [-0.4, -0.2) is 54.6 Å². The van der Waals surface area contributed by atoms with Crippen molar-refractivity contribution in [3.05, 3.63) is 75.7 Å². The average Bonchev–Trinajstić information content (AvgIpc) is 2.84. The maximum atomic E-state index is 11.9. The lowest BCUT2D eigenvalue weighted by atomic mass is 10.2. The van der Waals surface area contributed by atoms with Crippen molar-refractivity contribution in [1.29, 1.82) is 0 Å². The zero-order chi connectivity index (χ0) is 22.9. The summed E-state index contributed by atoms with van der Waals surface area (Å²) in [6.45, 7) is 4.53. The maximum Gasteiger partial charge on any atom is 0.289 e. The number of anilines is 1. The van der Waals surface area contributed by atoms with E-state index < -0.39 is 0 Å². The molecule has 1 aliphatic rings. The van der Waals surface area contributed by atoms with Gasteiger partial charge in [-0.1, -0.05) is 48.0 Å². The molecule has 0 amide bonds. The fourth-order valence-corrected chi connectivity index (χ4v) is 3.82. The fourth-order valence-electron chi connectivity index (χ4n) is 3.61. The normalized spacial score (nSPS) is 12.5. The first-order valence-electron chi connectivity index (χ1n) is 11.0. The quantitative estimate of drug-likeness (QED) is 0.414. The Morgan fingerprint density at radius 1 is 1.09 bits per heavy atom. The van der Waals surface area contributed by atoms with Gasteiger partial charge in [-0.3, -0.25) is 9.69 Å². The fraction of sp³-hybridized carbons (Fsp3) is 0.333. The largest absolute Gasteiger partial charge is 0.488 e. The van der Waals surface area contributed by atoms with E-state index in [4.69, 9.17) is 25.8 Å². The molecule has 2 N–H and O–H groups in total. The van der Waals surface area contributed by atoms with Crippen LogP contribution in [-0.2, 0) is 6.54 Å². The van der Waals surface area contributed by atoms with Crippen LogP contribution in [0.15, 0.2) is 59.5 Å². The molecule has 2 aromatic carbocycles. The van der Waals surface area contributed by atoms with Gasteiger partial charge in [-0.2, -0.15) is 5.10 Å². The van der Waals surface area contributed by atoms with Crippen LogP contribution in [0.4, 0.5) is 5.69 Å². The van der Waals surface area contributed by atoms with Crippen molar-refractivity contribution >= 4 is 17.3 Å². The monoisotopic (exact) mass is 470 g/mol. The minimum atomic E-state index is -0.325. The highest BCUT2D eigenvalue weighted by atomic mass is 35.5. The lowest BCUT2D eigenvalue weighted by Crippen LogP contribution is -2.30. The van der Waals surface area contributed by atoms with Gasteiger partial charge in [0.25, 0.3) is 5.56 Å². The number of nitrogens with zero attached hydrogens (tertiary/aromatic N) is 2. The Bertz CT molecular complexity index is 1090. The minimum absolute atomic E-state index is 0.311. The molecule has 4 rings (SSSR count). The Morgan fingerprint density at radius 2 is 1.94 bits per heavy atom. The van der Waals surface area contributed by atoms with Crippen molar-refractivity contribution in [3.63, 3.8) is 0 Å². The lowest BCUT2D eigenvalue weighted by Gasteiger charge is -2.24. The second-order valence-corrected chi connectivity index (χ2v) is 8.00. The molecule has 2 heterocycles. The first-order chi connectivity index (χ1) is 16.2. The molecular weight excluding hydrogens is 444 g/mol. The third kappa shape index (κ3) is 6.40. The molecule has 0 unspecified atom stereocenters. The van der Waals surface area contributed by atoms with Gasteiger partial charge in [0.15, 0.2) is 11.5 Å². The Kier molecular flexibility index (Phi) is 8.05. The van der Waals surface area contributed by atoms with E-state index in [9.17, 15) is 4.79 Å². The zero-order valence-corrected chi connectivity index (χ0v) is 19.0. The second-order valence-electron chi connectivity index (χ2n) is 7.59. The van der Waals surface area contributed by atoms with Crippen molar-refractivity contribution in [3.8, 4) is 17.2 Å². The highest BCUT2D eigenvalue weighted by Gasteiger charge is 2.17. The first-order valence-corrected chi connectivity index (χ1v) is 11.3. The average molecular weight is 471 g/mol. The molecule has 3 aromatic rings. The third-order valence-electron chi connectivity index (χ3n) is 5.21. The molecule has 1 aromatic heterocycles. The molecule has 0 saturated carbocycles. The molecule has 0 radical (unpaired) electrons. The molecule has 0 atom stereocenters. The van der Waals surface area contributed by atoms with Crippen LogP contribution >= 0.6 is 11.6 Å². The molecule has 0 spiro atoms. The number of aromatic nitrogens is 2. The standard InChI is InChI=1S/C24H27ClN4O4/c25-19-16-27-28-24(30)22(19)26-10-5-11-29(17-18-6-2-1-3-7-18)12-13-31-20-8-4-9-21-23(20)33-15-14-32-21/h1-4,6-9,16H,5,10-15,17H2,(H,26,27)(H,28,30). The summed E-state index contributed by atoms with van der Waals surface area (Å²) in [5.41, 5.74) is 1.25. The Labute approximate surface area is 197 Å². The van der Waals surface area contributed by atoms with Crippen molar-refractivity contribution in [2.75, 3.05) is 44.8 Å². The van der Waals surface area contributed by atoms with Crippen LogP contribution in [0.25, 0.3) is 0 Å². The van der Waals surface area contributed by atoms with Gasteiger partial charge in [0.1, 0.15) is 25.5 Å². The third-order valence-corrected chi connectivity index (χ3v) is 5.49. The van der Waals surface area contributed by atoms with E-state index >= 15 is 0 Å². The van der Waals surface area contributed by atoms with Crippen LogP contribution in [0, 0.1) is 0 Å². The second kappa shape index (κ2) is 11.6. The topological polar surface area (TPSA) is 88.7 Å². The highest BCUT2D eigenvalue weighted by molar-refractivity contribution is 6.32. The number of para-hydroxylation sites is 1. The minimum Gasteiger partial charge on any atom is -0.488 e. The first kappa shape index (κ1) is 22.9. The summed E-state index contributed by atoms with van der Waals surface area (Å²) in [6.07, 6.45) is 2.24. The molecule has 0 fully saturated rings. The van der Waals surface area contributed by atoms with Gasteiger partial charge in [-0.15, -0.1) is 0 Å². The van der Waals surface area contributed by atoms with Crippen LogP contribution in [0.5, 0.6) is 17.2 Å². The van der Waals surface area contributed by atoms with Crippen molar-refractivity contribution in [2.24, 2.45) is 0 Å². The van der Waals surface area contributed by atoms with Gasteiger partial charge in [-0.05, 0) is 24.1 Å². The SMILES string of the molecule is O=c1[nH]ncc(Cl)c1NCCCN(CCOc1cccc2c1OCCO2)Cc1ccccc1. The van der Waals surface area contributed by atoms with E-state index in [0.717, 1.165) is 31.8 Å². The number of fused-ring (bicyclic) bond motifs is 1. The molecule has 9 heteroatoms. The maximum absolute atomic E-state index is 11.9. The Balaban J connectivity index is 1.32. The van der Waals surface area contributed by atoms with Crippen LogP contribution < -0.4 is 25.1 Å². The van der Waals surface area contributed by atoms with Gasteiger partial charge in [0.2, 0.25) is 5.75 Å². The summed E-state index contributed by atoms with van der Waals surface area (Å²) in [5.74, 6) is 2.08. The number of hydrogen-bond donors (Lipinski definition) is 2. The summed E-state index contributed by atoms with van der Waals surface area (Å²) in [7, 11) is 0. The van der Waals surface area contributed by atoms with Crippen LogP contribution in [0.3, 0.4) is 0 Å². The van der Waals surface area contributed by atoms with E-state index in [2.05, 4.69) is 32.5 Å². The number of benzene rings is 2. The zero-order valence-electron chi connectivity index (χ0n) is 18.3. The van der Waals surface area contributed by atoms with Gasteiger partial charge < -0.3 is 19.5 Å². The molecular formula is C24H27ClN4O4. The van der Waals surface area contributed by atoms with Crippen LogP contribution in [0.2, 0.25) is 5.02 Å². The molecule has 0 bridgehead atoms. The van der Waals surface area contributed by atoms with E-state index in [1.54, 1.807) is 0 Å². The summed E-state index contributed by atoms with van der Waals surface area (Å²) < 4.78 is 17.4. The molecule has 1 aliphatic heterocycles. The molecule has 8 nitrogen and oxygen atoms in total. The number of halogens is 1. The van der Waals surface area contributed by atoms with Gasteiger partial charge in [-0.25, -0.2) is 5.10 Å². The summed E-state index contributed by atoms with van der Waals surface area (Å²) in [5, 5.41) is 9.50. The Hall–Kier alpha value is -3.23. The van der Waals surface area contributed by atoms with E-state index in [-0.39, 0.29) is 5.56 Å². The summed E-state index contributed by atoms with van der Waals surface area (Å²) in [4.78, 5) is 14.2. The van der Waals surface area contributed by atoms with Crippen molar-refractivity contribution in [2.45, 2.75) is 13.0 Å². The van der Waals surface area contributed by atoms with E-state index in [0.29, 0.717) is 48.6 Å². The lowest BCUT2D eigenvalue weighted by molar-refractivity contribution is 0.155. The predicted octanol–water partition coefficient (Wildman–Crippen LogP) is 3.58. The Morgan fingerprint density at radius 3 is 2.79 bits per heavy atom. The molecule has 174 valence electrons. The van der Waals surface area contributed by atoms with Gasteiger partial charge in [0, 0.05) is 26.2 Å². The number of nitrogens with one attached hydrogen (secondary N) is 2. The van der Waals surface area contributed by atoms with E-state index in [1.807, 2.05) is 36.4 Å². The predicted molar refractivity (Wildman–Crippen MR) is 128 cm³/mol. The van der Waals surface area contributed by atoms with Gasteiger partial charge in [0.05, 0.1) is 11.2 Å². The highest BCUT2D eigenvalue weighted by Crippen LogP contribution is 2.38. The summed E-state index contributed by atoms with van der Waals surface area (Å²) >= 11 is 6.06. The number of hydrogen-bond acceptors (Lipinski definition) is 7. The number of aromatic amines is 1. The summed E-state index contributed by atoms with van der Waals surface area (Å²) in [6, 6.07) is 16.0. The van der Waals surface area contributed by atoms with Gasteiger partial charge >= 0.3 is 0 Å². The smallest absolute Gasteiger partial charge is 0.289 e.